The van der Waals surface area contributed by atoms with E-state index in [1.807, 2.05) is 12.1 Å². The van der Waals surface area contributed by atoms with Crippen molar-refractivity contribution in [3.05, 3.63) is 64.7 Å². The Bertz CT molecular complexity index is 991. The van der Waals surface area contributed by atoms with Crippen LogP contribution in [0.3, 0.4) is 0 Å². The van der Waals surface area contributed by atoms with Crippen molar-refractivity contribution in [3.8, 4) is 0 Å². The van der Waals surface area contributed by atoms with E-state index in [9.17, 15) is 13.2 Å². The second kappa shape index (κ2) is 11.1. The van der Waals surface area contributed by atoms with Gasteiger partial charge in [0, 0.05) is 31.2 Å². The van der Waals surface area contributed by atoms with Crippen molar-refractivity contribution >= 4 is 33.2 Å². The standard InChI is InChI=1S/C23H30ClN3O4S/c1-3-22(27(32(2,29)30)21-10-8-20(24)9-11-21)23(28)25-16-18-4-6-19(7-5-18)17-26-12-14-31-15-13-26/h4-11,22H,3,12-17H2,1-2H3,(H,25,28)/t22-/m1/s1. The molecule has 1 saturated heterocycles. The third-order valence-corrected chi connectivity index (χ3v) is 6.84. The molecular weight excluding hydrogens is 450 g/mol. The smallest absolute Gasteiger partial charge is 0.244 e. The average molecular weight is 480 g/mol. The number of carbonyl (C=O) groups excluding carboxylic acids is 1. The second-order valence-electron chi connectivity index (χ2n) is 7.88. The van der Waals surface area contributed by atoms with Crippen molar-refractivity contribution in [2.24, 2.45) is 0 Å². The molecule has 1 heterocycles. The zero-order valence-electron chi connectivity index (χ0n) is 18.5. The molecule has 0 spiro atoms. The van der Waals surface area contributed by atoms with Crippen LogP contribution in [0.2, 0.25) is 5.02 Å². The maximum atomic E-state index is 12.9. The molecule has 0 aromatic heterocycles. The molecule has 32 heavy (non-hydrogen) atoms. The second-order valence-corrected chi connectivity index (χ2v) is 10.2. The molecular formula is C23H30ClN3O4S. The topological polar surface area (TPSA) is 79.0 Å². The number of morpholine rings is 1. The number of nitrogens with zero attached hydrogens (tertiary/aromatic N) is 2. The Kier molecular flexibility index (Phi) is 8.53. The fraction of sp³-hybridized carbons (Fsp3) is 0.435. The van der Waals surface area contributed by atoms with Gasteiger partial charge in [-0.1, -0.05) is 42.8 Å². The van der Waals surface area contributed by atoms with Crippen LogP contribution in [0, 0.1) is 0 Å². The van der Waals surface area contributed by atoms with Gasteiger partial charge in [0.25, 0.3) is 0 Å². The summed E-state index contributed by atoms with van der Waals surface area (Å²) in [6.45, 7) is 6.39. The van der Waals surface area contributed by atoms with Gasteiger partial charge in [-0.3, -0.25) is 14.0 Å². The minimum absolute atomic E-state index is 0.325. The lowest BCUT2D eigenvalue weighted by molar-refractivity contribution is -0.122. The highest BCUT2D eigenvalue weighted by Crippen LogP contribution is 2.24. The molecule has 7 nitrogen and oxygen atoms in total. The van der Waals surface area contributed by atoms with E-state index >= 15 is 0 Å². The number of ether oxygens (including phenoxy) is 1. The van der Waals surface area contributed by atoms with Crippen molar-refractivity contribution < 1.29 is 17.9 Å². The fourth-order valence-corrected chi connectivity index (χ4v) is 5.07. The lowest BCUT2D eigenvalue weighted by Gasteiger charge is -2.30. The molecule has 2 aromatic carbocycles. The first-order chi connectivity index (χ1) is 15.3. The largest absolute Gasteiger partial charge is 0.379 e. The molecule has 0 bridgehead atoms. The van der Waals surface area contributed by atoms with Gasteiger partial charge in [0.15, 0.2) is 0 Å². The summed E-state index contributed by atoms with van der Waals surface area (Å²) in [5.74, 6) is -0.342. The number of nitrogens with one attached hydrogen (secondary N) is 1. The van der Waals surface area contributed by atoms with E-state index in [1.54, 1.807) is 31.2 Å². The van der Waals surface area contributed by atoms with Gasteiger partial charge in [-0.25, -0.2) is 8.42 Å². The van der Waals surface area contributed by atoms with E-state index in [0.717, 1.165) is 49.0 Å². The third kappa shape index (κ3) is 6.68. The van der Waals surface area contributed by atoms with Crippen molar-refractivity contribution in [1.29, 1.82) is 0 Å². The van der Waals surface area contributed by atoms with Gasteiger partial charge in [0.2, 0.25) is 15.9 Å². The number of benzene rings is 2. The van der Waals surface area contributed by atoms with E-state index < -0.39 is 16.1 Å². The van der Waals surface area contributed by atoms with Gasteiger partial charge in [-0.15, -0.1) is 0 Å². The van der Waals surface area contributed by atoms with Gasteiger partial charge < -0.3 is 10.1 Å². The van der Waals surface area contributed by atoms with E-state index in [4.69, 9.17) is 16.3 Å². The Morgan fingerprint density at radius 2 is 1.69 bits per heavy atom. The fourth-order valence-electron chi connectivity index (χ4n) is 3.74. The predicted molar refractivity (Wildman–Crippen MR) is 127 cm³/mol. The van der Waals surface area contributed by atoms with Gasteiger partial charge >= 0.3 is 0 Å². The number of halogens is 1. The Balaban J connectivity index is 1.64. The summed E-state index contributed by atoms with van der Waals surface area (Å²) in [5, 5.41) is 3.38. The van der Waals surface area contributed by atoms with E-state index in [1.165, 1.54) is 5.56 Å². The average Bonchev–Trinajstić information content (AvgIpc) is 2.77. The van der Waals surface area contributed by atoms with E-state index in [2.05, 4.69) is 22.3 Å². The van der Waals surface area contributed by atoms with Crippen LogP contribution in [0.5, 0.6) is 0 Å². The molecule has 1 aliphatic heterocycles. The minimum Gasteiger partial charge on any atom is -0.379 e. The quantitative estimate of drug-likeness (QED) is 0.598. The maximum Gasteiger partial charge on any atom is 0.244 e. The molecule has 0 unspecified atom stereocenters. The van der Waals surface area contributed by atoms with Crippen molar-refractivity contribution in [2.45, 2.75) is 32.5 Å². The zero-order valence-corrected chi connectivity index (χ0v) is 20.0. The summed E-state index contributed by atoms with van der Waals surface area (Å²) in [4.78, 5) is 15.3. The lowest BCUT2D eigenvalue weighted by Crippen LogP contribution is -2.49. The first-order valence-corrected chi connectivity index (χ1v) is 12.9. The van der Waals surface area contributed by atoms with Crippen LogP contribution in [0.25, 0.3) is 0 Å². The van der Waals surface area contributed by atoms with Gasteiger partial charge in [-0.2, -0.15) is 0 Å². The molecule has 1 amide bonds. The van der Waals surface area contributed by atoms with Crippen LogP contribution < -0.4 is 9.62 Å². The number of carbonyl (C=O) groups is 1. The Labute approximate surface area is 195 Å². The van der Waals surface area contributed by atoms with E-state index in [-0.39, 0.29) is 5.91 Å². The van der Waals surface area contributed by atoms with E-state index in [0.29, 0.717) is 23.7 Å². The van der Waals surface area contributed by atoms with Crippen LogP contribution >= 0.6 is 11.6 Å². The van der Waals surface area contributed by atoms with Crippen molar-refractivity contribution in [1.82, 2.24) is 10.2 Å². The molecule has 1 N–H and O–H groups in total. The first kappa shape index (κ1) is 24.5. The maximum absolute atomic E-state index is 12.9. The highest BCUT2D eigenvalue weighted by Gasteiger charge is 2.31. The van der Waals surface area contributed by atoms with Crippen LogP contribution in [0.1, 0.15) is 24.5 Å². The Morgan fingerprint density at radius 1 is 1.09 bits per heavy atom. The summed E-state index contributed by atoms with van der Waals surface area (Å²) in [6, 6.07) is 13.7. The molecule has 0 radical (unpaired) electrons. The van der Waals surface area contributed by atoms with Crippen LogP contribution in [0.4, 0.5) is 5.69 Å². The number of hydrogen-bond donors (Lipinski definition) is 1. The normalized spacial score (nSPS) is 15.8. The predicted octanol–water partition coefficient (Wildman–Crippen LogP) is 3.03. The summed E-state index contributed by atoms with van der Waals surface area (Å²) >= 11 is 5.93. The molecule has 0 saturated carbocycles. The molecule has 3 rings (SSSR count). The summed E-state index contributed by atoms with van der Waals surface area (Å²) in [6.07, 6.45) is 1.44. The molecule has 174 valence electrons. The highest BCUT2D eigenvalue weighted by atomic mass is 35.5. The number of amides is 1. The zero-order chi connectivity index (χ0) is 23.1. The molecule has 2 aromatic rings. The first-order valence-electron chi connectivity index (χ1n) is 10.7. The number of sulfonamides is 1. The molecule has 9 heteroatoms. The number of hydrogen-bond acceptors (Lipinski definition) is 5. The monoisotopic (exact) mass is 479 g/mol. The van der Waals surface area contributed by atoms with Crippen LogP contribution in [-0.4, -0.2) is 57.8 Å². The summed E-state index contributed by atoms with van der Waals surface area (Å²) in [5.41, 5.74) is 2.57. The molecule has 1 fully saturated rings. The molecule has 1 aliphatic rings. The molecule has 0 aliphatic carbocycles. The molecule has 1 atom stereocenters. The SMILES string of the molecule is CC[C@H](C(=O)NCc1ccc(CN2CCOCC2)cc1)N(c1ccc(Cl)cc1)S(C)(=O)=O. The van der Waals surface area contributed by atoms with Gasteiger partial charge in [0.1, 0.15) is 6.04 Å². The van der Waals surface area contributed by atoms with Gasteiger partial charge in [0.05, 0.1) is 25.2 Å². The lowest BCUT2D eigenvalue weighted by atomic mass is 10.1. The Morgan fingerprint density at radius 3 is 2.25 bits per heavy atom. The van der Waals surface area contributed by atoms with Crippen LogP contribution in [-0.2, 0) is 32.6 Å². The number of rotatable bonds is 9. The van der Waals surface area contributed by atoms with Crippen LogP contribution in [0.15, 0.2) is 48.5 Å². The third-order valence-electron chi connectivity index (χ3n) is 5.41. The summed E-state index contributed by atoms with van der Waals surface area (Å²) < 4.78 is 31.5. The van der Waals surface area contributed by atoms with Gasteiger partial charge in [-0.05, 0) is 41.8 Å². The number of anilines is 1. The summed E-state index contributed by atoms with van der Waals surface area (Å²) in [7, 11) is -3.67. The van der Waals surface area contributed by atoms with Crippen molar-refractivity contribution in [2.75, 3.05) is 36.9 Å². The Hall–Kier alpha value is -2.13. The van der Waals surface area contributed by atoms with Crippen molar-refractivity contribution in [3.63, 3.8) is 0 Å². The highest BCUT2D eigenvalue weighted by molar-refractivity contribution is 7.92. The minimum atomic E-state index is -3.67.